The Morgan fingerprint density at radius 3 is 2.71 bits per heavy atom. The minimum absolute atomic E-state index is 0.198. The molecule has 3 aromatic rings. The van der Waals surface area contributed by atoms with Gasteiger partial charge in [-0.2, -0.15) is 8.75 Å². The van der Waals surface area contributed by atoms with E-state index in [4.69, 9.17) is 23.8 Å². The van der Waals surface area contributed by atoms with Gasteiger partial charge in [-0.05, 0) is 48.5 Å². The van der Waals surface area contributed by atoms with Gasteiger partial charge in [-0.25, -0.2) is 0 Å². The molecule has 5 nitrogen and oxygen atoms in total. The Kier molecular flexibility index (Phi) is 5.03. The van der Waals surface area contributed by atoms with Gasteiger partial charge in [0.15, 0.2) is 5.11 Å². The minimum Gasteiger partial charge on any atom is -0.330 e. The molecule has 8 heteroatoms. The molecular formula is C16H13ClN4OS2. The molecule has 0 spiro atoms. The number of aromatic nitrogens is 2. The summed E-state index contributed by atoms with van der Waals surface area (Å²) in [5.74, 6) is -0.198. The van der Waals surface area contributed by atoms with E-state index in [0.717, 1.165) is 39.6 Å². The van der Waals surface area contributed by atoms with E-state index >= 15 is 0 Å². The Bertz CT molecular complexity index is 908. The number of nitrogens with one attached hydrogen (secondary N) is 2. The van der Waals surface area contributed by atoms with Crippen LogP contribution in [0.3, 0.4) is 0 Å². The number of thiocarbonyl (C=S) groups is 1. The van der Waals surface area contributed by atoms with Crippen molar-refractivity contribution in [3.05, 3.63) is 52.5 Å². The number of hydrogen-bond donors (Lipinski definition) is 2. The van der Waals surface area contributed by atoms with Crippen molar-refractivity contribution in [2.45, 2.75) is 13.3 Å². The number of carbonyl (C=O) groups excluding carboxylic acids is 1. The van der Waals surface area contributed by atoms with Crippen molar-refractivity contribution in [2.24, 2.45) is 0 Å². The van der Waals surface area contributed by atoms with E-state index in [1.165, 1.54) is 0 Å². The van der Waals surface area contributed by atoms with E-state index < -0.39 is 0 Å². The summed E-state index contributed by atoms with van der Waals surface area (Å²) < 4.78 is 8.47. The van der Waals surface area contributed by atoms with Crippen LogP contribution in [0.25, 0.3) is 11.0 Å². The fourth-order valence-corrected chi connectivity index (χ4v) is 3.10. The van der Waals surface area contributed by atoms with Crippen LogP contribution in [0.5, 0.6) is 0 Å². The van der Waals surface area contributed by atoms with Gasteiger partial charge in [-0.3, -0.25) is 4.79 Å². The first kappa shape index (κ1) is 16.8. The van der Waals surface area contributed by atoms with Crippen LogP contribution in [0, 0.1) is 6.92 Å². The summed E-state index contributed by atoms with van der Waals surface area (Å²) in [6.45, 7) is 1.94. The highest BCUT2D eigenvalue weighted by atomic mass is 35.5. The lowest BCUT2D eigenvalue weighted by molar-refractivity contribution is -0.119. The monoisotopic (exact) mass is 376 g/mol. The number of amides is 1. The maximum Gasteiger partial charge on any atom is 0.230 e. The van der Waals surface area contributed by atoms with Crippen LogP contribution >= 0.6 is 35.5 Å². The molecule has 1 heterocycles. The Balaban J connectivity index is 1.66. The summed E-state index contributed by atoms with van der Waals surface area (Å²) >= 11 is 12.2. The summed E-state index contributed by atoms with van der Waals surface area (Å²) in [5, 5.41) is 6.60. The molecule has 122 valence electrons. The molecular weight excluding hydrogens is 364 g/mol. The van der Waals surface area contributed by atoms with Gasteiger partial charge in [0.1, 0.15) is 11.0 Å². The van der Waals surface area contributed by atoms with E-state index in [1.54, 1.807) is 12.1 Å². The average molecular weight is 377 g/mol. The molecule has 0 atom stereocenters. The van der Waals surface area contributed by atoms with E-state index in [0.29, 0.717) is 5.02 Å². The van der Waals surface area contributed by atoms with Gasteiger partial charge in [0.05, 0.1) is 23.8 Å². The van der Waals surface area contributed by atoms with Crippen molar-refractivity contribution < 1.29 is 4.79 Å². The molecule has 2 aromatic carbocycles. The maximum absolute atomic E-state index is 12.1. The van der Waals surface area contributed by atoms with Crippen molar-refractivity contribution in [3.63, 3.8) is 0 Å². The predicted octanol–water partition coefficient (Wildman–Crippen LogP) is 3.71. The van der Waals surface area contributed by atoms with Gasteiger partial charge in [0.25, 0.3) is 0 Å². The van der Waals surface area contributed by atoms with Crippen LogP contribution in [0.15, 0.2) is 36.4 Å². The van der Waals surface area contributed by atoms with Crippen molar-refractivity contribution in [1.29, 1.82) is 0 Å². The third kappa shape index (κ3) is 3.87. The molecule has 0 aliphatic carbocycles. The van der Waals surface area contributed by atoms with Crippen LogP contribution in [0.4, 0.5) is 5.69 Å². The summed E-state index contributed by atoms with van der Waals surface area (Å²) in [6, 6.07) is 11.0. The summed E-state index contributed by atoms with van der Waals surface area (Å²) in [7, 11) is 0. The number of halogens is 1. The summed E-state index contributed by atoms with van der Waals surface area (Å²) in [6.07, 6.45) is 0.223. The molecule has 0 aliphatic rings. The quantitative estimate of drug-likeness (QED) is 0.682. The second-order valence-corrected chi connectivity index (χ2v) is 6.57. The molecule has 24 heavy (non-hydrogen) atoms. The smallest absolute Gasteiger partial charge is 0.230 e. The van der Waals surface area contributed by atoms with Gasteiger partial charge >= 0.3 is 0 Å². The lowest BCUT2D eigenvalue weighted by Gasteiger charge is -2.12. The lowest BCUT2D eigenvalue weighted by Crippen LogP contribution is -2.35. The predicted molar refractivity (Wildman–Crippen MR) is 102 cm³/mol. The maximum atomic E-state index is 12.1. The van der Waals surface area contributed by atoms with Crippen LogP contribution in [0.2, 0.25) is 5.02 Å². The second kappa shape index (κ2) is 7.21. The molecule has 0 bridgehead atoms. The third-order valence-electron chi connectivity index (χ3n) is 3.41. The van der Waals surface area contributed by atoms with Crippen LogP contribution < -0.4 is 10.6 Å². The normalized spacial score (nSPS) is 10.6. The molecule has 0 unspecified atom stereocenters. The number of rotatable bonds is 3. The van der Waals surface area contributed by atoms with E-state index in [9.17, 15) is 4.79 Å². The fraction of sp³-hybridized carbons (Fsp3) is 0.125. The van der Waals surface area contributed by atoms with Crippen LogP contribution in [-0.2, 0) is 11.2 Å². The van der Waals surface area contributed by atoms with Crippen molar-refractivity contribution >= 4 is 63.3 Å². The zero-order valence-corrected chi connectivity index (χ0v) is 15.1. The van der Waals surface area contributed by atoms with Crippen molar-refractivity contribution in [3.8, 4) is 0 Å². The molecule has 1 aromatic heterocycles. The third-order valence-corrected chi connectivity index (χ3v) is 4.40. The van der Waals surface area contributed by atoms with Gasteiger partial charge in [-0.15, -0.1) is 0 Å². The highest BCUT2D eigenvalue weighted by Crippen LogP contribution is 2.25. The highest BCUT2D eigenvalue weighted by Gasteiger charge is 2.12. The first-order chi connectivity index (χ1) is 11.5. The fourth-order valence-electron chi connectivity index (χ4n) is 2.21. The number of benzene rings is 2. The summed E-state index contributed by atoms with van der Waals surface area (Å²) in [4.78, 5) is 12.1. The van der Waals surface area contributed by atoms with E-state index in [-0.39, 0.29) is 17.4 Å². The topological polar surface area (TPSA) is 66.9 Å². The number of anilines is 1. The molecule has 0 aliphatic heterocycles. The Morgan fingerprint density at radius 2 is 1.96 bits per heavy atom. The van der Waals surface area contributed by atoms with E-state index in [1.807, 2.05) is 31.2 Å². The Hall–Kier alpha value is -2.09. The molecule has 0 radical (unpaired) electrons. The van der Waals surface area contributed by atoms with Gasteiger partial charge in [0.2, 0.25) is 5.91 Å². The second-order valence-electron chi connectivity index (χ2n) is 5.19. The molecule has 3 rings (SSSR count). The Labute approximate surface area is 153 Å². The van der Waals surface area contributed by atoms with Crippen LogP contribution in [-0.4, -0.2) is 19.8 Å². The molecule has 0 fully saturated rings. The number of aryl methyl sites for hydroxylation is 1. The SMILES string of the molecule is Cc1ccc2nsnc2c1NC(=S)NC(=O)Cc1ccc(Cl)cc1. The van der Waals surface area contributed by atoms with Crippen LogP contribution in [0.1, 0.15) is 11.1 Å². The number of nitrogens with zero attached hydrogens (tertiary/aromatic N) is 2. The lowest BCUT2D eigenvalue weighted by atomic mass is 10.1. The average Bonchev–Trinajstić information content (AvgIpc) is 3.01. The minimum atomic E-state index is -0.198. The van der Waals surface area contributed by atoms with Gasteiger partial charge in [0, 0.05) is 5.02 Å². The van der Waals surface area contributed by atoms with Gasteiger partial charge in [-0.1, -0.05) is 29.8 Å². The van der Waals surface area contributed by atoms with Crippen molar-refractivity contribution in [1.82, 2.24) is 14.1 Å². The first-order valence-corrected chi connectivity index (χ1v) is 8.62. The zero-order chi connectivity index (χ0) is 17.1. The molecule has 1 amide bonds. The largest absolute Gasteiger partial charge is 0.330 e. The molecule has 2 N–H and O–H groups in total. The number of carbonyl (C=O) groups is 1. The van der Waals surface area contributed by atoms with Crippen molar-refractivity contribution in [2.75, 3.05) is 5.32 Å². The first-order valence-electron chi connectivity index (χ1n) is 7.10. The summed E-state index contributed by atoms with van der Waals surface area (Å²) in [5.41, 5.74) is 4.14. The molecule has 0 saturated carbocycles. The Morgan fingerprint density at radius 1 is 1.21 bits per heavy atom. The standard InChI is InChI=1S/C16H13ClN4OS2/c1-9-2-7-12-15(21-24-20-12)14(9)19-16(23)18-13(22)8-10-3-5-11(17)6-4-10/h2-7H,8H2,1H3,(H2,18,19,22,23). The number of hydrogen-bond acceptors (Lipinski definition) is 5. The zero-order valence-electron chi connectivity index (χ0n) is 12.7. The van der Waals surface area contributed by atoms with E-state index in [2.05, 4.69) is 19.4 Å². The highest BCUT2D eigenvalue weighted by molar-refractivity contribution is 7.80. The number of fused-ring (bicyclic) bond motifs is 1. The molecule has 0 saturated heterocycles. The van der Waals surface area contributed by atoms with Gasteiger partial charge < -0.3 is 10.6 Å².